The van der Waals surface area contributed by atoms with E-state index in [2.05, 4.69) is 10.6 Å². The first-order valence-electron chi connectivity index (χ1n) is 6.35. The normalized spacial score (nSPS) is 18.0. The van der Waals surface area contributed by atoms with Crippen LogP contribution in [0.25, 0.3) is 0 Å². The fraction of sp³-hybridized carbons (Fsp3) is 0.357. The lowest BCUT2D eigenvalue weighted by atomic mass is 10.0. The van der Waals surface area contributed by atoms with Gasteiger partial charge in [0.15, 0.2) is 0 Å². The summed E-state index contributed by atoms with van der Waals surface area (Å²) in [4.78, 5) is 36.8. The Kier molecular flexibility index (Phi) is 3.85. The zero-order valence-corrected chi connectivity index (χ0v) is 11.5. The van der Waals surface area contributed by atoms with Crippen LogP contribution >= 0.6 is 0 Å². The minimum atomic E-state index is -0.832. The molecular weight excluding hydrogens is 258 g/mol. The summed E-state index contributed by atoms with van der Waals surface area (Å²) in [6, 6.07) is 8.90. The van der Waals surface area contributed by atoms with Crippen molar-refractivity contribution in [1.82, 2.24) is 10.2 Å². The van der Waals surface area contributed by atoms with Crippen molar-refractivity contribution in [2.45, 2.75) is 19.4 Å². The van der Waals surface area contributed by atoms with Crippen LogP contribution in [0.15, 0.2) is 30.3 Å². The van der Waals surface area contributed by atoms with E-state index >= 15 is 0 Å². The van der Waals surface area contributed by atoms with Gasteiger partial charge < -0.3 is 5.32 Å². The first-order chi connectivity index (χ1) is 9.40. The highest BCUT2D eigenvalue weighted by Crippen LogP contribution is 2.13. The first kappa shape index (κ1) is 14.2. The molecule has 2 N–H and O–H groups in total. The van der Waals surface area contributed by atoms with Gasteiger partial charge in [0.25, 0.3) is 0 Å². The molecule has 0 spiro atoms. The topological polar surface area (TPSA) is 78.5 Å². The number of hydrogen-bond donors (Lipinski definition) is 2. The third-order valence-electron chi connectivity index (χ3n) is 3.12. The Balaban J connectivity index is 2.03. The van der Waals surface area contributed by atoms with E-state index in [-0.39, 0.29) is 13.1 Å². The number of rotatable bonds is 3. The molecule has 6 heteroatoms. The van der Waals surface area contributed by atoms with E-state index < -0.39 is 23.3 Å². The first-order valence-corrected chi connectivity index (χ1v) is 6.35. The average molecular weight is 275 g/mol. The van der Waals surface area contributed by atoms with E-state index in [1.807, 2.05) is 6.07 Å². The highest BCUT2D eigenvalue weighted by atomic mass is 16.2. The maximum absolute atomic E-state index is 12.1. The second-order valence-corrected chi connectivity index (χ2v) is 5.18. The number of imide groups is 1. The van der Waals surface area contributed by atoms with Crippen LogP contribution < -0.4 is 10.6 Å². The molecule has 0 aliphatic carbocycles. The molecule has 1 fully saturated rings. The molecule has 2 rings (SSSR count). The Morgan fingerprint density at radius 1 is 1.30 bits per heavy atom. The van der Waals surface area contributed by atoms with Crippen molar-refractivity contribution >= 4 is 23.4 Å². The van der Waals surface area contributed by atoms with Gasteiger partial charge in [-0.3, -0.25) is 24.6 Å². The summed E-state index contributed by atoms with van der Waals surface area (Å²) in [5.74, 6) is -1.18. The van der Waals surface area contributed by atoms with Gasteiger partial charge in [-0.15, -0.1) is 0 Å². The SMILES string of the molecule is CC1(C)NCC(=O)N(CC(=O)Nc2ccccc2)C1=O. The summed E-state index contributed by atoms with van der Waals surface area (Å²) in [6.45, 7) is 3.16. The van der Waals surface area contributed by atoms with Gasteiger partial charge in [-0.05, 0) is 26.0 Å². The van der Waals surface area contributed by atoms with Gasteiger partial charge in [0, 0.05) is 5.69 Å². The Labute approximate surface area is 117 Å². The maximum Gasteiger partial charge on any atom is 0.249 e. The number of nitrogens with one attached hydrogen (secondary N) is 2. The van der Waals surface area contributed by atoms with Crippen LogP contribution in [0.2, 0.25) is 0 Å². The van der Waals surface area contributed by atoms with Crippen molar-refractivity contribution in [3.8, 4) is 0 Å². The number of amides is 3. The summed E-state index contributed by atoms with van der Waals surface area (Å²) in [5, 5.41) is 5.49. The Hall–Kier alpha value is -2.21. The molecule has 1 saturated heterocycles. The van der Waals surface area contributed by atoms with Crippen LogP contribution in [0, 0.1) is 0 Å². The van der Waals surface area contributed by atoms with Crippen molar-refractivity contribution in [3.63, 3.8) is 0 Å². The van der Waals surface area contributed by atoms with Crippen LogP contribution in [0.4, 0.5) is 5.69 Å². The van der Waals surface area contributed by atoms with Gasteiger partial charge in [0.1, 0.15) is 6.54 Å². The monoisotopic (exact) mass is 275 g/mol. The quantitative estimate of drug-likeness (QED) is 0.781. The van der Waals surface area contributed by atoms with Crippen molar-refractivity contribution < 1.29 is 14.4 Å². The molecule has 0 radical (unpaired) electrons. The van der Waals surface area contributed by atoms with Gasteiger partial charge in [-0.1, -0.05) is 18.2 Å². The number of piperazine rings is 1. The van der Waals surface area contributed by atoms with E-state index in [0.717, 1.165) is 4.90 Å². The molecule has 1 aliphatic rings. The number of benzene rings is 1. The third kappa shape index (κ3) is 3.03. The number of nitrogens with zero attached hydrogens (tertiary/aromatic N) is 1. The van der Waals surface area contributed by atoms with Crippen LogP contribution in [0.3, 0.4) is 0 Å². The molecule has 20 heavy (non-hydrogen) atoms. The lowest BCUT2D eigenvalue weighted by Gasteiger charge is -2.36. The lowest BCUT2D eigenvalue weighted by Crippen LogP contribution is -2.64. The molecule has 3 amide bonds. The zero-order valence-electron chi connectivity index (χ0n) is 11.5. The van der Waals surface area contributed by atoms with E-state index in [4.69, 9.17) is 0 Å². The smallest absolute Gasteiger partial charge is 0.249 e. The summed E-state index contributed by atoms with van der Waals surface area (Å²) in [6.07, 6.45) is 0. The third-order valence-corrected chi connectivity index (χ3v) is 3.12. The number of hydrogen-bond acceptors (Lipinski definition) is 4. The van der Waals surface area contributed by atoms with E-state index in [1.54, 1.807) is 38.1 Å². The number of carbonyl (C=O) groups is 3. The molecule has 0 saturated carbocycles. The minimum absolute atomic E-state index is 0.0529. The second kappa shape index (κ2) is 5.42. The summed E-state index contributed by atoms with van der Waals surface area (Å²) in [7, 11) is 0. The van der Waals surface area contributed by atoms with E-state index in [0.29, 0.717) is 5.69 Å². The predicted octanol–water partition coefficient (Wildman–Crippen LogP) is 0.362. The van der Waals surface area contributed by atoms with Gasteiger partial charge in [0.2, 0.25) is 17.7 Å². The van der Waals surface area contributed by atoms with Crippen molar-refractivity contribution in [2.24, 2.45) is 0 Å². The summed E-state index contributed by atoms with van der Waals surface area (Å²) >= 11 is 0. The van der Waals surface area contributed by atoms with Crippen LogP contribution in [0.1, 0.15) is 13.8 Å². The zero-order chi connectivity index (χ0) is 14.8. The molecule has 1 aromatic rings. The van der Waals surface area contributed by atoms with Crippen LogP contribution in [-0.2, 0) is 14.4 Å². The molecule has 1 heterocycles. The standard InChI is InChI=1S/C14H17N3O3/c1-14(2)13(20)17(12(19)8-15-14)9-11(18)16-10-6-4-3-5-7-10/h3-7,15H,8-9H2,1-2H3,(H,16,18). The number of carbonyl (C=O) groups excluding carboxylic acids is 3. The van der Waals surface area contributed by atoms with Gasteiger partial charge in [-0.25, -0.2) is 0 Å². The summed E-state index contributed by atoms with van der Waals surface area (Å²) < 4.78 is 0. The molecule has 6 nitrogen and oxygen atoms in total. The fourth-order valence-corrected chi connectivity index (χ4v) is 1.94. The molecule has 1 aliphatic heterocycles. The second-order valence-electron chi connectivity index (χ2n) is 5.18. The van der Waals surface area contributed by atoms with Gasteiger partial charge in [-0.2, -0.15) is 0 Å². The molecule has 0 bridgehead atoms. The van der Waals surface area contributed by atoms with Gasteiger partial charge in [0.05, 0.1) is 12.1 Å². The van der Waals surface area contributed by atoms with Crippen molar-refractivity contribution in [1.29, 1.82) is 0 Å². The Morgan fingerprint density at radius 2 is 1.95 bits per heavy atom. The molecule has 0 aromatic heterocycles. The highest BCUT2D eigenvalue weighted by Gasteiger charge is 2.40. The van der Waals surface area contributed by atoms with Crippen LogP contribution in [0.5, 0.6) is 0 Å². The van der Waals surface area contributed by atoms with E-state index in [9.17, 15) is 14.4 Å². The van der Waals surface area contributed by atoms with Crippen molar-refractivity contribution in [2.75, 3.05) is 18.4 Å². The molecule has 0 unspecified atom stereocenters. The highest BCUT2D eigenvalue weighted by molar-refractivity contribution is 6.06. The van der Waals surface area contributed by atoms with Gasteiger partial charge >= 0.3 is 0 Å². The van der Waals surface area contributed by atoms with Crippen molar-refractivity contribution in [3.05, 3.63) is 30.3 Å². The summed E-state index contributed by atoms with van der Waals surface area (Å²) in [5.41, 5.74) is -0.201. The van der Waals surface area contributed by atoms with E-state index in [1.165, 1.54) is 0 Å². The largest absolute Gasteiger partial charge is 0.325 e. The average Bonchev–Trinajstić information content (AvgIpc) is 2.41. The number of para-hydroxylation sites is 1. The molecule has 1 aromatic carbocycles. The fourth-order valence-electron chi connectivity index (χ4n) is 1.94. The maximum atomic E-state index is 12.1. The molecule has 0 atom stereocenters. The Morgan fingerprint density at radius 3 is 2.60 bits per heavy atom. The van der Waals surface area contributed by atoms with Crippen LogP contribution in [-0.4, -0.2) is 41.2 Å². The molecule has 106 valence electrons. The minimum Gasteiger partial charge on any atom is -0.325 e. The number of anilines is 1. The molecular formula is C14H17N3O3. The Bertz CT molecular complexity index is 540. The predicted molar refractivity (Wildman–Crippen MR) is 73.9 cm³/mol. The lowest BCUT2D eigenvalue weighted by molar-refractivity contribution is -0.154.